The molecule has 0 unspecified atom stereocenters. The predicted octanol–water partition coefficient (Wildman–Crippen LogP) is 10.5. The molecule has 2 aromatic rings. The topological polar surface area (TPSA) is 52.1 Å². The van der Waals surface area contributed by atoms with Gasteiger partial charge >= 0.3 is 5.97 Å². The summed E-state index contributed by atoms with van der Waals surface area (Å²) in [5.41, 5.74) is 2.24. The van der Waals surface area contributed by atoms with Crippen molar-refractivity contribution in [2.24, 2.45) is 17.8 Å². The number of rotatable bonds is 15. The number of hydrogen-bond donors (Lipinski definition) is 0. The Hall–Kier alpha value is -2.23. The monoisotopic (exact) mass is 546 g/mol. The van der Waals surface area contributed by atoms with Crippen LogP contribution in [0.5, 0.6) is 5.75 Å². The summed E-state index contributed by atoms with van der Waals surface area (Å²) < 4.78 is 5.75. The van der Waals surface area contributed by atoms with Crippen molar-refractivity contribution in [3.8, 4) is 17.1 Å². The molecule has 1 aromatic carbocycles. The molecular formula is C36H54N2O2. The van der Waals surface area contributed by atoms with E-state index >= 15 is 0 Å². The van der Waals surface area contributed by atoms with Gasteiger partial charge in [0.15, 0.2) is 5.82 Å². The van der Waals surface area contributed by atoms with Gasteiger partial charge in [0.2, 0.25) is 0 Å². The maximum Gasteiger partial charge on any atom is 0.314 e. The highest BCUT2D eigenvalue weighted by atomic mass is 16.5. The van der Waals surface area contributed by atoms with Crippen LogP contribution in [-0.4, -0.2) is 15.9 Å². The molecular weight excluding hydrogens is 492 g/mol. The van der Waals surface area contributed by atoms with Gasteiger partial charge in [-0.3, -0.25) is 4.79 Å². The summed E-state index contributed by atoms with van der Waals surface area (Å²) in [5, 5.41) is 0. The number of carbonyl (C=O) groups excluding carboxylic acids is 1. The van der Waals surface area contributed by atoms with Gasteiger partial charge in [0.25, 0.3) is 0 Å². The number of aromatic nitrogens is 2. The lowest BCUT2D eigenvalue weighted by atomic mass is 9.77. The average molecular weight is 547 g/mol. The Balaban J connectivity index is 1.17. The van der Waals surface area contributed by atoms with Gasteiger partial charge in [-0.05, 0) is 98.9 Å². The molecule has 40 heavy (non-hydrogen) atoms. The van der Waals surface area contributed by atoms with E-state index in [0.717, 1.165) is 48.9 Å². The van der Waals surface area contributed by atoms with Gasteiger partial charge in [0.05, 0.1) is 5.92 Å². The Kier molecular flexibility index (Phi) is 13.0. The minimum Gasteiger partial charge on any atom is -0.426 e. The van der Waals surface area contributed by atoms with Crippen LogP contribution >= 0.6 is 0 Å². The van der Waals surface area contributed by atoms with E-state index in [2.05, 4.69) is 13.8 Å². The van der Waals surface area contributed by atoms with Gasteiger partial charge in [-0.25, -0.2) is 9.97 Å². The molecule has 1 aromatic heterocycles. The zero-order chi connectivity index (χ0) is 28.0. The number of ether oxygens (including phenoxy) is 1. The molecule has 2 aliphatic carbocycles. The number of nitrogens with zero attached hydrogens (tertiary/aromatic N) is 2. The van der Waals surface area contributed by atoms with Gasteiger partial charge in [0.1, 0.15) is 5.75 Å². The van der Waals surface area contributed by atoms with Crippen molar-refractivity contribution in [3.05, 3.63) is 42.2 Å². The molecule has 2 aliphatic rings. The second kappa shape index (κ2) is 16.9. The Bertz CT molecular complexity index is 971. The van der Waals surface area contributed by atoms with Crippen molar-refractivity contribution in [2.75, 3.05) is 0 Å². The molecule has 0 bridgehead atoms. The second-order valence-electron chi connectivity index (χ2n) is 12.8. The first-order valence-electron chi connectivity index (χ1n) is 16.8. The summed E-state index contributed by atoms with van der Waals surface area (Å²) in [5.74, 6) is 3.65. The van der Waals surface area contributed by atoms with E-state index in [0.29, 0.717) is 11.7 Å². The molecule has 220 valence electrons. The molecule has 4 heteroatoms. The lowest BCUT2D eigenvalue weighted by molar-refractivity contribution is -0.140. The SMILES string of the molecule is CCCCCCCC[C@H]1CC[C@H](c2cnc(-c3ccc(OC(=O)[C@H]4CC[C@H](CCCCC)CC4)cc3)nc2)CC1. The van der Waals surface area contributed by atoms with Gasteiger partial charge in [-0.1, -0.05) is 84.5 Å². The number of benzene rings is 1. The molecule has 0 saturated heterocycles. The number of hydrogen-bond acceptors (Lipinski definition) is 4. The quantitative estimate of drug-likeness (QED) is 0.127. The van der Waals surface area contributed by atoms with Crippen molar-refractivity contribution in [1.82, 2.24) is 9.97 Å². The minimum atomic E-state index is -0.0675. The van der Waals surface area contributed by atoms with Crippen LogP contribution in [0.15, 0.2) is 36.7 Å². The summed E-state index contributed by atoms with van der Waals surface area (Å²) in [6.45, 7) is 4.54. The maximum absolute atomic E-state index is 12.8. The Labute approximate surface area is 244 Å². The molecule has 2 fully saturated rings. The van der Waals surface area contributed by atoms with Crippen molar-refractivity contribution < 1.29 is 9.53 Å². The molecule has 0 spiro atoms. The van der Waals surface area contributed by atoms with E-state index in [1.807, 2.05) is 36.7 Å². The third kappa shape index (κ3) is 9.70. The summed E-state index contributed by atoms with van der Waals surface area (Å²) in [6.07, 6.45) is 28.6. The van der Waals surface area contributed by atoms with E-state index in [1.165, 1.54) is 102 Å². The molecule has 0 radical (unpaired) electrons. The van der Waals surface area contributed by atoms with Crippen LogP contribution < -0.4 is 4.74 Å². The van der Waals surface area contributed by atoms with Crippen LogP contribution in [-0.2, 0) is 4.79 Å². The lowest BCUT2D eigenvalue weighted by Gasteiger charge is -2.28. The van der Waals surface area contributed by atoms with Crippen LogP contribution in [0.1, 0.15) is 147 Å². The summed E-state index contributed by atoms with van der Waals surface area (Å²) in [4.78, 5) is 22.2. The summed E-state index contributed by atoms with van der Waals surface area (Å²) in [7, 11) is 0. The molecule has 4 rings (SSSR count). The first-order valence-corrected chi connectivity index (χ1v) is 16.8. The first kappa shape index (κ1) is 30.7. The number of unbranched alkanes of at least 4 members (excludes halogenated alkanes) is 7. The van der Waals surface area contributed by atoms with Gasteiger partial charge in [0, 0.05) is 18.0 Å². The average Bonchev–Trinajstić information content (AvgIpc) is 3.00. The van der Waals surface area contributed by atoms with Crippen LogP contribution in [0.3, 0.4) is 0 Å². The fourth-order valence-corrected chi connectivity index (χ4v) is 6.94. The molecule has 1 heterocycles. The molecule has 0 atom stereocenters. The lowest BCUT2D eigenvalue weighted by Crippen LogP contribution is -2.25. The molecule has 0 aliphatic heterocycles. The second-order valence-corrected chi connectivity index (χ2v) is 12.8. The Morgan fingerprint density at radius 2 is 1.23 bits per heavy atom. The standard InChI is InChI=1S/C36H54N2O2/c1-3-5-7-8-9-11-13-29-14-18-30(19-15-29)33-26-37-35(38-27-33)31-22-24-34(25-23-31)40-36(39)32-20-16-28(17-21-32)12-10-6-4-2/h22-30,32H,3-21H2,1-2H3/t28-,29-,30-,32-. The third-order valence-corrected chi connectivity index (χ3v) is 9.68. The highest BCUT2D eigenvalue weighted by Gasteiger charge is 2.27. The Morgan fingerprint density at radius 3 is 1.85 bits per heavy atom. The minimum absolute atomic E-state index is 0.0450. The van der Waals surface area contributed by atoms with Crippen LogP contribution in [0.2, 0.25) is 0 Å². The van der Waals surface area contributed by atoms with E-state index in [9.17, 15) is 4.79 Å². The van der Waals surface area contributed by atoms with Crippen molar-refractivity contribution in [1.29, 1.82) is 0 Å². The van der Waals surface area contributed by atoms with Crippen molar-refractivity contribution in [3.63, 3.8) is 0 Å². The zero-order valence-corrected chi connectivity index (χ0v) is 25.4. The van der Waals surface area contributed by atoms with Crippen LogP contribution in [0.25, 0.3) is 11.4 Å². The molecule has 0 N–H and O–H groups in total. The highest BCUT2D eigenvalue weighted by molar-refractivity contribution is 5.75. The summed E-state index contributed by atoms with van der Waals surface area (Å²) in [6, 6.07) is 7.70. The molecule has 0 amide bonds. The fraction of sp³-hybridized carbons (Fsp3) is 0.694. The maximum atomic E-state index is 12.8. The largest absolute Gasteiger partial charge is 0.426 e. The van der Waals surface area contributed by atoms with E-state index in [-0.39, 0.29) is 11.9 Å². The van der Waals surface area contributed by atoms with Gasteiger partial charge < -0.3 is 4.74 Å². The normalized spacial score (nSPS) is 23.1. The highest BCUT2D eigenvalue weighted by Crippen LogP contribution is 2.38. The van der Waals surface area contributed by atoms with Crippen molar-refractivity contribution >= 4 is 5.97 Å². The fourth-order valence-electron chi connectivity index (χ4n) is 6.94. The predicted molar refractivity (Wildman–Crippen MR) is 165 cm³/mol. The van der Waals surface area contributed by atoms with Gasteiger partial charge in [-0.15, -0.1) is 0 Å². The molecule has 2 saturated carbocycles. The molecule has 4 nitrogen and oxygen atoms in total. The van der Waals surface area contributed by atoms with Crippen LogP contribution in [0.4, 0.5) is 0 Å². The zero-order valence-electron chi connectivity index (χ0n) is 25.4. The first-order chi connectivity index (χ1) is 19.7. The smallest absolute Gasteiger partial charge is 0.314 e. The summed E-state index contributed by atoms with van der Waals surface area (Å²) >= 11 is 0. The van der Waals surface area contributed by atoms with Gasteiger partial charge in [-0.2, -0.15) is 0 Å². The van der Waals surface area contributed by atoms with E-state index < -0.39 is 0 Å². The third-order valence-electron chi connectivity index (χ3n) is 9.68. The van der Waals surface area contributed by atoms with E-state index in [4.69, 9.17) is 14.7 Å². The van der Waals surface area contributed by atoms with Crippen molar-refractivity contribution in [2.45, 2.75) is 142 Å². The van der Waals surface area contributed by atoms with Crippen LogP contribution in [0, 0.1) is 17.8 Å². The van der Waals surface area contributed by atoms with E-state index in [1.54, 1.807) is 0 Å². The Morgan fingerprint density at radius 1 is 0.700 bits per heavy atom. The number of carbonyl (C=O) groups is 1. The number of esters is 1.